The van der Waals surface area contributed by atoms with Gasteiger partial charge in [-0.15, -0.1) is 11.3 Å². The van der Waals surface area contributed by atoms with Crippen LogP contribution in [0.2, 0.25) is 0 Å². The molecule has 0 saturated heterocycles. The largest absolute Gasteiger partial charge is 0.497 e. The number of hydrogen-bond acceptors (Lipinski definition) is 5. The summed E-state index contributed by atoms with van der Waals surface area (Å²) < 4.78 is 10.8. The lowest BCUT2D eigenvalue weighted by molar-refractivity contribution is 0.0722. The highest BCUT2D eigenvalue weighted by atomic mass is 32.1. The molecule has 0 spiro atoms. The number of benzene rings is 1. The number of rotatable bonds is 7. The van der Waals surface area contributed by atoms with Gasteiger partial charge in [-0.05, 0) is 48.6 Å². The highest BCUT2D eigenvalue weighted by molar-refractivity contribution is 7.13. The van der Waals surface area contributed by atoms with Gasteiger partial charge in [0, 0.05) is 11.6 Å². The minimum atomic E-state index is -0.0681. The highest BCUT2D eigenvalue weighted by Gasteiger charge is 2.34. The topological polar surface area (TPSA) is 67.5 Å². The van der Waals surface area contributed by atoms with Gasteiger partial charge >= 0.3 is 0 Å². The van der Waals surface area contributed by atoms with E-state index < -0.39 is 0 Å². The maximum atomic E-state index is 13.1. The molecule has 2 aromatic heterocycles. The molecule has 7 heteroatoms. The minimum absolute atomic E-state index is 0.0681. The van der Waals surface area contributed by atoms with E-state index in [1.165, 1.54) is 0 Å². The number of aromatic nitrogens is 2. The molecule has 0 aliphatic heterocycles. The molecule has 1 N–H and O–H groups in total. The van der Waals surface area contributed by atoms with Crippen molar-refractivity contribution in [2.75, 3.05) is 14.2 Å². The van der Waals surface area contributed by atoms with Crippen molar-refractivity contribution >= 4 is 17.2 Å². The summed E-state index contributed by atoms with van der Waals surface area (Å²) in [6, 6.07) is 11.7. The molecule has 1 aromatic carbocycles. The van der Waals surface area contributed by atoms with Crippen LogP contribution in [0.25, 0.3) is 10.6 Å². The van der Waals surface area contributed by atoms with E-state index in [9.17, 15) is 4.79 Å². The van der Waals surface area contributed by atoms with Crippen molar-refractivity contribution in [1.82, 2.24) is 15.1 Å². The quantitative estimate of drug-likeness (QED) is 0.671. The maximum absolute atomic E-state index is 13.1. The zero-order valence-electron chi connectivity index (χ0n) is 15.3. The summed E-state index contributed by atoms with van der Waals surface area (Å²) in [6.45, 7) is 0.463. The van der Waals surface area contributed by atoms with Gasteiger partial charge in [0.05, 0.1) is 31.3 Å². The summed E-state index contributed by atoms with van der Waals surface area (Å²) in [7, 11) is 3.26. The van der Waals surface area contributed by atoms with Crippen molar-refractivity contribution in [3.8, 4) is 22.1 Å². The number of carbonyl (C=O) groups is 1. The Hall–Kier alpha value is -2.80. The summed E-state index contributed by atoms with van der Waals surface area (Å²) in [4.78, 5) is 16.1. The van der Waals surface area contributed by atoms with Gasteiger partial charge in [0.25, 0.3) is 5.91 Å². The van der Waals surface area contributed by atoms with E-state index >= 15 is 0 Å². The molecule has 6 nitrogen and oxygen atoms in total. The molecular weight excluding hydrogens is 362 g/mol. The Kier molecular flexibility index (Phi) is 4.85. The van der Waals surface area contributed by atoms with Crippen molar-refractivity contribution in [2.24, 2.45) is 0 Å². The number of thiophene rings is 1. The first-order chi connectivity index (χ1) is 13.2. The number of amides is 1. The Morgan fingerprint density at radius 3 is 2.78 bits per heavy atom. The normalized spacial score (nSPS) is 13.4. The number of H-pyrrole nitrogens is 1. The van der Waals surface area contributed by atoms with Crippen LogP contribution in [0.4, 0.5) is 0 Å². The molecule has 4 rings (SSSR count). The Balaban J connectivity index is 1.59. The van der Waals surface area contributed by atoms with Crippen LogP contribution >= 0.6 is 11.3 Å². The fourth-order valence-electron chi connectivity index (χ4n) is 3.08. The fourth-order valence-corrected chi connectivity index (χ4v) is 3.77. The summed E-state index contributed by atoms with van der Waals surface area (Å²) in [5.74, 6) is 1.42. The monoisotopic (exact) mass is 383 g/mol. The second kappa shape index (κ2) is 7.44. The molecule has 0 radical (unpaired) electrons. The smallest absolute Gasteiger partial charge is 0.274 e. The van der Waals surface area contributed by atoms with E-state index in [4.69, 9.17) is 9.47 Å². The second-order valence-corrected chi connectivity index (χ2v) is 7.43. The Bertz CT molecular complexity index is 932. The Labute approximate surface area is 161 Å². The first kappa shape index (κ1) is 17.6. The third kappa shape index (κ3) is 3.68. The molecule has 0 bridgehead atoms. The summed E-state index contributed by atoms with van der Waals surface area (Å²) >= 11 is 1.61. The SMILES string of the molecule is COc1ccc(OC)c(CN(C(=O)c2cc(-c3cccs3)[nH]n2)C2CC2)c1. The van der Waals surface area contributed by atoms with E-state index in [1.54, 1.807) is 25.6 Å². The third-order valence-electron chi connectivity index (χ3n) is 4.66. The number of methoxy groups -OCH3 is 2. The van der Waals surface area contributed by atoms with Crippen LogP contribution in [0.5, 0.6) is 11.5 Å². The molecule has 1 fully saturated rings. The van der Waals surface area contributed by atoms with Crippen molar-refractivity contribution < 1.29 is 14.3 Å². The summed E-state index contributed by atoms with van der Waals surface area (Å²) in [5, 5.41) is 9.23. The van der Waals surface area contributed by atoms with Gasteiger partial charge in [0.1, 0.15) is 11.5 Å². The molecule has 140 valence electrons. The number of hydrogen-bond donors (Lipinski definition) is 1. The predicted molar refractivity (Wildman–Crippen MR) is 104 cm³/mol. The van der Waals surface area contributed by atoms with Gasteiger partial charge in [-0.1, -0.05) is 6.07 Å². The fraction of sp³-hybridized carbons (Fsp3) is 0.300. The lowest BCUT2D eigenvalue weighted by atomic mass is 10.1. The maximum Gasteiger partial charge on any atom is 0.274 e. The molecule has 1 saturated carbocycles. The predicted octanol–water partition coefficient (Wildman–Crippen LogP) is 3.96. The Morgan fingerprint density at radius 1 is 1.26 bits per heavy atom. The number of ether oxygens (including phenoxy) is 2. The number of nitrogens with zero attached hydrogens (tertiary/aromatic N) is 2. The van der Waals surface area contributed by atoms with Crippen LogP contribution in [-0.4, -0.2) is 41.3 Å². The molecule has 27 heavy (non-hydrogen) atoms. The molecule has 2 heterocycles. The lowest BCUT2D eigenvalue weighted by Gasteiger charge is -2.23. The first-order valence-corrected chi connectivity index (χ1v) is 9.68. The van der Waals surface area contributed by atoms with Crippen LogP contribution in [-0.2, 0) is 6.54 Å². The van der Waals surface area contributed by atoms with Gasteiger partial charge in [-0.3, -0.25) is 9.89 Å². The Morgan fingerprint density at radius 2 is 2.11 bits per heavy atom. The van der Waals surface area contributed by atoms with E-state index in [0.717, 1.165) is 40.5 Å². The lowest BCUT2D eigenvalue weighted by Crippen LogP contribution is -2.33. The van der Waals surface area contributed by atoms with Crippen molar-refractivity contribution in [3.05, 3.63) is 53.0 Å². The summed E-state index contributed by atoms with van der Waals surface area (Å²) in [5.41, 5.74) is 2.22. The van der Waals surface area contributed by atoms with Gasteiger partial charge in [-0.25, -0.2) is 0 Å². The zero-order chi connectivity index (χ0) is 18.8. The van der Waals surface area contributed by atoms with E-state index in [2.05, 4.69) is 10.2 Å². The summed E-state index contributed by atoms with van der Waals surface area (Å²) in [6.07, 6.45) is 2.03. The number of nitrogens with one attached hydrogen (secondary N) is 1. The molecule has 3 aromatic rings. The number of carbonyl (C=O) groups excluding carboxylic acids is 1. The molecule has 1 aliphatic rings. The van der Waals surface area contributed by atoms with Crippen molar-refractivity contribution in [1.29, 1.82) is 0 Å². The first-order valence-electron chi connectivity index (χ1n) is 8.80. The average molecular weight is 383 g/mol. The van der Waals surface area contributed by atoms with Crippen LogP contribution in [0.3, 0.4) is 0 Å². The minimum Gasteiger partial charge on any atom is -0.497 e. The molecule has 0 atom stereocenters. The zero-order valence-corrected chi connectivity index (χ0v) is 16.1. The van der Waals surface area contributed by atoms with Gasteiger partial charge < -0.3 is 14.4 Å². The van der Waals surface area contributed by atoms with Crippen LogP contribution < -0.4 is 9.47 Å². The standard InChI is InChI=1S/C20H21N3O3S/c1-25-15-7-8-18(26-2)13(10-15)12-23(14-5-6-14)20(24)17-11-16(21-22-17)19-4-3-9-27-19/h3-4,7-11,14H,5-6,12H2,1-2H3,(H,21,22). The van der Waals surface area contributed by atoms with Crippen molar-refractivity contribution in [2.45, 2.75) is 25.4 Å². The van der Waals surface area contributed by atoms with Gasteiger partial charge in [0.15, 0.2) is 5.69 Å². The van der Waals surface area contributed by atoms with E-state index in [1.807, 2.05) is 46.7 Å². The molecule has 1 aliphatic carbocycles. The van der Waals surface area contributed by atoms with Crippen LogP contribution in [0.15, 0.2) is 41.8 Å². The molecular formula is C20H21N3O3S. The van der Waals surface area contributed by atoms with E-state index in [-0.39, 0.29) is 11.9 Å². The molecule has 0 unspecified atom stereocenters. The third-order valence-corrected chi connectivity index (χ3v) is 5.56. The number of aromatic amines is 1. The second-order valence-electron chi connectivity index (χ2n) is 6.49. The van der Waals surface area contributed by atoms with E-state index in [0.29, 0.717) is 12.2 Å². The van der Waals surface area contributed by atoms with Crippen LogP contribution in [0, 0.1) is 0 Å². The average Bonchev–Trinajstić information content (AvgIpc) is 3.18. The van der Waals surface area contributed by atoms with Gasteiger partial charge in [0.2, 0.25) is 0 Å². The molecule has 1 amide bonds. The highest BCUT2D eigenvalue weighted by Crippen LogP contribution is 2.33. The van der Waals surface area contributed by atoms with Crippen molar-refractivity contribution in [3.63, 3.8) is 0 Å². The van der Waals surface area contributed by atoms with Gasteiger partial charge in [-0.2, -0.15) is 5.10 Å². The van der Waals surface area contributed by atoms with Crippen LogP contribution in [0.1, 0.15) is 28.9 Å².